The van der Waals surface area contributed by atoms with Crippen LogP contribution in [0.15, 0.2) is 41.1 Å². The van der Waals surface area contributed by atoms with Crippen molar-refractivity contribution in [3.05, 3.63) is 42.4 Å². The Balaban J connectivity index is 1.47. The van der Waals surface area contributed by atoms with Crippen molar-refractivity contribution >= 4 is 11.8 Å². The maximum Gasteiger partial charge on any atom is 0.274 e. The Hall–Kier alpha value is -2.67. The van der Waals surface area contributed by atoms with Crippen molar-refractivity contribution in [3.8, 4) is 11.3 Å². The van der Waals surface area contributed by atoms with E-state index in [9.17, 15) is 9.59 Å². The van der Waals surface area contributed by atoms with E-state index in [0.717, 1.165) is 24.8 Å². The molecule has 1 aromatic carbocycles. The summed E-state index contributed by atoms with van der Waals surface area (Å²) in [5.74, 6) is 0.257. The minimum atomic E-state index is -0.330. The summed E-state index contributed by atoms with van der Waals surface area (Å²) < 4.78 is 11.0. The monoisotopic (exact) mass is 383 g/mol. The van der Waals surface area contributed by atoms with Crippen LogP contribution in [0.3, 0.4) is 0 Å². The van der Waals surface area contributed by atoms with E-state index in [2.05, 4.69) is 10.3 Å². The predicted molar refractivity (Wildman–Crippen MR) is 103 cm³/mol. The molecule has 2 atom stereocenters. The Morgan fingerprint density at radius 1 is 1.25 bits per heavy atom. The van der Waals surface area contributed by atoms with Gasteiger partial charge in [-0.05, 0) is 12.8 Å². The van der Waals surface area contributed by atoms with Gasteiger partial charge >= 0.3 is 0 Å². The van der Waals surface area contributed by atoms with Gasteiger partial charge in [-0.25, -0.2) is 4.98 Å². The van der Waals surface area contributed by atoms with Crippen molar-refractivity contribution in [1.82, 2.24) is 15.2 Å². The zero-order chi connectivity index (χ0) is 19.7. The first-order valence-corrected chi connectivity index (χ1v) is 9.64. The van der Waals surface area contributed by atoms with Gasteiger partial charge in [0.15, 0.2) is 17.8 Å². The van der Waals surface area contributed by atoms with Gasteiger partial charge in [0.2, 0.25) is 5.91 Å². The number of nitrogens with zero attached hydrogens (tertiary/aromatic N) is 2. The number of rotatable bonds is 5. The number of ether oxygens (including phenoxy) is 1. The highest BCUT2D eigenvalue weighted by atomic mass is 16.5. The summed E-state index contributed by atoms with van der Waals surface area (Å²) in [6.07, 6.45) is 3.97. The molecular formula is C21H25N3O4. The van der Waals surface area contributed by atoms with E-state index in [1.54, 1.807) is 7.11 Å². The highest BCUT2D eigenvalue weighted by Gasteiger charge is 2.46. The van der Waals surface area contributed by atoms with Crippen molar-refractivity contribution in [2.24, 2.45) is 5.41 Å². The van der Waals surface area contributed by atoms with Gasteiger partial charge in [-0.1, -0.05) is 43.7 Å². The number of oxazole rings is 1. The van der Waals surface area contributed by atoms with Crippen LogP contribution in [0.4, 0.5) is 0 Å². The SMILES string of the molecule is CO[C@@H]1CN(C(=O)C2(C)CCC2)C[C@H]1NC(=O)c1ncoc1-c1ccccc1. The number of hydrogen-bond donors (Lipinski definition) is 1. The van der Waals surface area contributed by atoms with Crippen LogP contribution >= 0.6 is 0 Å². The molecule has 1 aliphatic heterocycles. The first-order chi connectivity index (χ1) is 13.5. The fourth-order valence-corrected chi connectivity index (χ4v) is 4.06. The average Bonchev–Trinajstić information content (AvgIpc) is 3.33. The van der Waals surface area contributed by atoms with Crippen molar-refractivity contribution < 1.29 is 18.7 Å². The lowest BCUT2D eigenvalue weighted by Gasteiger charge is -2.39. The van der Waals surface area contributed by atoms with E-state index in [-0.39, 0.29) is 35.1 Å². The van der Waals surface area contributed by atoms with Gasteiger partial charge in [-0.2, -0.15) is 0 Å². The van der Waals surface area contributed by atoms with E-state index in [1.165, 1.54) is 6.39 Å². The van der Waals surface area contributed by atoms with Gasteiger partial charge in [-0.3, -0.25) is 9.59 Å². The molecule has 2 amide bonds. The molecule has 2 fully saturated rings. The first kappa shape index (κ1) is 18.7. The number of amides is 2. The Kier molecular flexibility index (Phi) is 4.93. The van der Waals surface area contributed by atoms with Gasteiger partial charge in [-0.15, -0.1) is 0 Å². The van der Waals surface area contributed by atoms with Crippen LogP contribution in [-0.2, 0) is 9.53 Å². The smallest absolute Gasteiger partial charge is 0.274 e. The van der Waals surface area contributed by atoms with E-state index in [4.69, 9.17) is 9.15 Å². The van der Waals surface area contributed by atoms with Crippen LogP contribution in [0, 0.1) is 5.41 Å². The van der Waals surface area contributed by atoms with E-state index < -0.39 is 0 Å². The molecule has 1 saturated heterocycles. The summed E-state index contributed by atoms with van der Waals surface area (Å²) in [5, 5.41) is 2.98. The Bertz CT molecular complexity index is 860. The zero-order valence-electron chi connectivity index (χ0n) is 16.2. The molecule has 0 spiro atoms. The summed E-state index contributed by atoms with van der Waals surface area (Å²) in [6.45, 7) is 2.95. The van der Waals surface area contributed by atoms with Crippen molar-refractivity contribution in [2.75, 3.05) is 20.2 Å². The molecular weight excluding hydrogens is 358 g/mol. The minimum Gasteiger partial charge on any atom is -0.443 e. The lowest BCUT2D eigenvalue weighted by Crippen LogP contribution is -2.46. The zero-order valence-corrected chi connectivity index (χ0v) is 16.2. The number of likely N-dealkylation sites (tertiary alicyclic amines) is 1. The molecule has 0 radical (unpaired) electrons. The summed E-state index contributed by atoms with van der Waals surface area (Å²) >= 11 is 0. The van der Waals surface area contributed by atoms with Crippen LogP contribution in [0.25, 0.3) is 11.3 Å². The minimum absolute atomic E-state index is 0.156. The van der Waals surface area contributed by atoms with Crippen LogP contribution in [0.2, 0.25) is 0 Å². The molecule has 7 heteroatoms. The lowest BCUT2D eigenvalue weighted by atomic mass is 9.69. The number of aromatic nitrogens is 1. The molecule has 0 bridgehead atoms. The number of hydrogen-bond acceptors (Lipinski definition) is 5. The summed E-state index contributed by atoms with van der Waals surface area (Å²) in [7, 11) is 1.61. The molecule has 148 valence electrons. The maximum atomic E-state index is 12.9. The molecule has 7 nitrogen and oxygen atoms in total. The second-order valence-corrected chi connectivity index (χ2v) is 7.87. The Labute approximate surface area is 164 Å². The number of benzene rings is 1. The Morgan fingerprint density at radius 2 is 2.00 bits per heavy atom. The quantitative estimate of drug-likeness (QED) is 0.857. The van der Waals surface area contributed by atoms with Crippen molar-refractivity contribution in [2.45, 2.75) is 38.3 Å². The van der Waals surface area contributed by atoms with E-state index >= 15 is 0 Å². The van der Waals surface area contributed by atoms with Gasteiger partial charge in [0.05, 0.1) is 12.1 Å². The third-order valence-electron chi connectivity index (χ3n) is 5.96. The predicted octanol–water partition coefficient (Wildman–Crippen LogP) is 2.49. The fraction of sp³-hybridized carbons (Fsp3) is 0.476. The van der Waals surface area contributed by atoms with E-state index in [1.807, 2.05) is 42.2 Å². The van der Waals surface area contributed by atoms with Gasteiger partial charge in [0.1, 0.15) is 0 Å². The standard InChI is InChI=1S/C21H25N3O4/c1-21(9-6-10-21)20(26)24-11-15(16(12-24)27-2)23-19(25)17-18(28-13-22-17)14-7-4-3-5-8-14/h3-5,7-8,13,15-16H,6,9-12H2,1-2H3,(H,23,25)/t15-,16-/m1/s1. The first-order valence-electron chi connectivity index (χ1n) is 9.64. The third-order valence-corrected chi connectivity index (χ3v) is 5.96. The summed E-state index contributed by atoms with van der Waals surface area (Å²) in [5.41, 5.74) is 0.760. The summed E-state index contributed by atoms with van der Waals surface area (Å²) in [6, 6.07) is 9.10. The molecule has 1 aromatic heterocycles. The Morgan fingerprint density at radius 3 is 2.64 bits per heavy atom. The molecule has 2 aliphatic rings. The third kappa shape index (κ3) is 3.30. The molecule has 2 aromatic rings. The highest BCUT2D eigenvalue weighted by Crippen LogP contribution is 2.42. The number of carbonyl (C=O) groups is 2. The maximum absolute atomic E-state index is 12.9. The van der Waals surface area contributed by atoms with Gasteiger partial charge in [0.25, 0.3) is 5.91 Å². The highest BCUT2D eigenvalue weighted by molar-refractivity contribution is 5.98. The largest absolute Gasteiger partial charge is 0.443 e. The average molecular weight is 383 g/mol. The number of carbonyl (C=O) groups excluding carboxylic acids is 2. The fourth-order valence-electron chi connectivity index (χ4n) is 4.06. The van der Waals surface area contributed by atoms with Crippen molar-refractivity contribution in [1.29, 1.82) is 0 Å². The lowest BCUT2D eigenvalue weighted by molar-refractivity contribution is -0.145. The molecule has 0 unspecified atom stereocenters. The second-order valence-electron chi connectivity index (χ2n) is 7.87. The van der Waals surface area contributed by atoms with Gasteiger partial charge < -0.3 is 19.4 Å². The van der Waals surface area contributed by atoms with Crippen LogP contribution in [-0.4, -0.2) is 54.0 Å². The second kappa shape index (κ2) is 7.39. The molecule has 1 N–H and O–H groups in total. The molecule has 1 saturated carbocycles. The van der Waals surface area contributed by atoms with Gasteiger partial charge in [0, 0.05) is 31.2 Å². The van der Waals surface area contributed by atoms with Crippen LogP contribution in [0.5, 0.6) is 0 Å². The molecule has 2 heterocycles. The molecule has 28 heavy (non-hydrogen) atoms. The molecule has 4 rings (SSSR count). The number of nitrogens with one attached hydrogen (secondary N) is 1. The number of methoxy groups -OCH3 is 1. The summed E-state index contributed by atoms with van der Waals surface area (Å²) in [4.78, 5) is 31.6. The van der Waals surface area contributed by atoms with Crippen LogP contribution in [0.1, 0.15) is 36.7 Å². The normalized spacial score (nSPS) is 23.3. The topological polar surface area (TPSA) is 84.7 Å². The van der Waals surface area contributed by atoms with Crippen molar-refractivity contribution in [3.63, 3.8) is 0 Å². The van der Waals surface area contributed by atoms with E-state index in [0.29, 0.717) is 18.8 Å². The van der Waals surface area contributed by atoms with Crippen LogP contribution < -0.4 is 5.32 Å². The molecule has 1 aliphatic carbocycles.